The van der Waals surface area contributed by atoms with Crippen LogP contribution in [-0.2, 0) is 4.74 Å². The minimum absolute atomic E-state index is 0.0386. The van der Waals surface area contributed by atoms with E-state index in [2.05, 4.69) is 5.32 Å². The number of nitrogens with one attached hydrogen (secondary N) is 2. The van der Waals surface area contributed by atoms with Crippen LogP contribution >= 0.6 is 0 Å². The Balaban J connectivity index is 4.66. The number of amidine groups is 1. The average Bonchev–Trinajstić information content (AvgIpc) is 2.10. The first-order chi connectivity index (χ1) is 7.17. The topological polar surface area (TPSA) is 88.2 Å². The van der Waals surface area contributed by atoms with E-state index in [4.69, 9.17) is 15.9 Å². The minimum Gasteiger partial charge on any atom is -0.444 e. The summed E-state index contributed by atoms with van der Waals surface area (Å²) in [6, 6.07) is 0. The van der Waals surface area contributed by atoms with Gasteiger partial charge in [0.2, 0.25) is 0 Å². The molecule has 0 aliphatic carbocycles. The molecule has 0 aromatic rings. The molecule has 5 heteroatoms. The molecule has 0 atom stereocenters. The fourth-order valence-corrected chi connectivity index (χ4v) is 1.37. The first kappa shape index (κ1) is 14.7. The van der Waals surface area contributed by atoms with Crippen LogP contribution in [-0.4, -0.2) is 23.1 Å². The summed E-state index contributed by atoms with van der Waals surface area (Å²) in [5.41, 5.74) is 4.18. The third kappa shape index (κ3) is 4.08. The molecular weight excluding hydrogens is 206 g/mol. The molecule has 0 aromatic heterocycles. The molecule has 4 N–H and O–H groups in total. The summed E-state index contributed by atoms with van der Waals surface area (Å²) < 4.78 is 5.14. The molecule has 0 unspecified atom stereocenters. The van der Waals surface area contributed by atoms with E-state index >= 15 is 0 Å². The van der Waals surface area contributed by atoms with E-state index in [9.17, 15) is 4.79 Å². The fourth-order valence-electron chi connectivity index (χ4n) is 1.37. The molecule has 0 fully saturated rings. The third-order valence-electron chi connectivity index (χ3n) is 2.46. The SMILES string of the molecule is CCC(CC)(NC(=O)OC(C)(C)C)C(=N)N. The first-order valence-corrected chi connectivity index (χ1v) is 5.52. The molecule has 0 radical (unpaired) electrons. The normalized spacial score (nSPS) is 12.1. The fraction of sp³-hybridized carbons (Fsp3) is 0.818. The van der Waals surface area contributed by atoms with Gasteiger partial charge in [-0.25, -0.2) is 4.79 Å². The Morgan fingerprint density at radius 2 is 1.75 bits per heavy atom. The highest BCUT2D eigenvalue weighted by molar-refractivity contribution is 5.90. The van der Waals surface area contributed by atoms with Gasteiger partial charge >= 0.3 is 6.09 Å². The smallest absolute Gasteiger partial charge is 0.408 e. The summed E-state index contributed by atoms with van der Waals surface area (Å²) in [6.07, 6.45) is 0.599. The maximum atomic E-state index is 11.6. The lowest BCUT2D eigenvalue weighted by Crippen LogP contribution is -2.57. The Morgan fingerprint density at radius 1 is 1.31 bits per heavy atom. The van der Waals surface area contributed by atoms with E-state index < -0.39 is 17.2 Å². The van der Waals surface area contributed by atoms with Gasteiger partial charge in [0.1, 0.15) is 11.4 Å². The molecule has 0 heterocycles. The molecule has 0 bridgehead atoms. The zero-order chi connectivity index (χ0) is 13.0. The number of carbonyl (C=O) groups excluding carboxylic acids is 1. The van der Waals surface area contributed by atoms with Crippen LogP contribution in [0.25, 0.3) is 0 Å². The van der Waals surface area contributed by atoms with Crippen LogP contribution in [0.4, 0.5) is 4.79 Å². The molecule has 0 saturated heterocycles. The van der Waals surface area contributed by atoms with Crippen LogP contribution in [0.3, 0.4) is 0 Å². The highest BCUT2D eigenvalue weighted by atomic mass is 16.6. The van der Waals surface area contributed by atoms with Gasteiger partial charge in [0, 0.05) is 0 Å². The Morgan fingerprint density at radius 3 is 2.00 bits per heavy atom. The van der Waals surface area contributed by atoms with Gasteiger partial charge in [-0.05, 0) is 33.6 Å². The number of nitrogens with two attached hydrogens (primary N) is 1. The van der Waals surface area contributed by atoms with Crippen molar-refractivity contribution < 1.29 is 9.53 Å². The predicted octanol–water partition coefficient (Wildman–Crippen LogP) is 2.01. The summed E-state index contributed by atoms with van der Waals surface area (Å²) in [7, 11) is 0. The highest BCUT2D eigenvalue weighted by Gasteiger charge is 2.33. The molecule has 16 heavy (non-hydrogen) atoms. The molecule has 0 aliphatic heterocycles. The van der Waals surface area contributed by atoms with Crippen molar-refractivity contribution in [2.45, 2.75) is 58.6 Å². The van der Waals surface area contributed by atoms with Gasteiger partial charge < -0.3 is 15.8 Å². The van der Waals surface area contributed by atoms with Crippen LogP contribution in [0.15, 0.2) is 0 Å². The Bertz CT molecular complexity index is 265. The molecule has 5 nitrogen and oxygen atoms in total. The molecule has 0 spiro atoms. The summed E-state index contributed by atoms with van der Waals surface area (Å²) >= 11 is 0. The van der Waals surface area contributed by atoms with Crippen molar-refractivity contribution in [3.63, 3.8) is 0 Å². The van der Waals surface area contributed by atoms with Gasteiger partial charge in [-0.2, -0.15) is 0 Å². The van der Waals surface area contributed by atoms with Crippen molar-refractivity contribution in [3.8, 4) is 0 Å². The molecule has 0 aromatic carbocycles. The molecule has 94 valence electrons. The molecule has 0 rings (SSSR count). The van der Waals surface area contributed by atoms with Gasteiger partial charge in [0.05, 0.1) is 5.54 Å². The molecule has 0 saturated carbocycles. The van der Waals surface area contributed by atoms with Crippen molar-refractivity contribution in [2.75, 3.05) is 0 Å². The third-order valence-corrected chi connectivity index (χ3v) is 2.46. The zero-order valence-corrected chi connectivity index (χ0v) is 10.8. The van der Waals surface area contributed by atoms with Gasteiger partial charge in [0.15, 0.2) is 0 Å². The van der Waals surface area contributed by atoms with Gasteiger partial charge in [0.25, 0.3) is 0 Å². The number of hydrogen-bond acceptors (Lipinski definition) is 3. The van der Waals surface area contributed by atoms with E-state index in [1.165, 1.54) is 0 Å². The Labute approximate surface area is 97.2 Å². The van der Waals surface area contributed by atoms with Crippen molar-refractivity contribution in [3.05, 3.63) is 0 Å². The number of amides is 1. The van der Waals surface area contributed by atoms with Crippen LogP contribution in [0.2, 0.25) is 0 Å². The van der Waals surface area contributed by atoms with E-state index in [0.29, 0.717) is 12.8 Å². The van der Waals surface area contributed by atoms with Crippen molar-refractivity contribution in [2.24, 2.45) is 5.73 Å². The molecule has 0 aliphatic rings. The largest absolute Gasteiger partial charge is 0.444 e. The lowest BCUT2D eigenvalue weighted by molar-refractivity contribution is 0.0480. The van der Waals surface area contributed by atoms with Crippen LogP contribution in [0.5, 0.6) is 0 Å². The Hall–Kier alpha value is -1.26. The van der Waals surface area contributed by atoms with E-state index in [1.54, 1.807) is 20.8 Å². The number of ether oxygens (including phenoxy) is 1. The quantitative estimate of drug-likeness (QED) is 0.509. The summed E-state index contributed by atoms with van der Waals surface area (Å²) in [4.78, 5) is 11.6. The van der Waals surface area contributed by atoms with E-state index in [-0.39, 0.29) is 5.84 Å². The summed E-state index contributed by atoms with van der Waals surface area (Å²) in [5, 5.41) is 10.2. The van der Waals surface area contributed by atoms with Crippen molar-refractivity contribution >= 4 is 11.9 Å². The second-order valence-corrected chi connectivity index (χ2v) is 4.83. The van der Waals surface area contributed by atoms with Gasteiger partial charge in [-0.3, -0.25) is 5.41 Å². The van der Waals surface area contributed by atoms with E-state index in [1.807, 2.05) is 13.8 Å². The monoisotopic (exact) mass is 229 g/mol. The number of alkyl carbamates (subject to hydrolysis) is 1. The van der Waals surface area contributed by atoms with E-state index in [0.717, 1.165) is 0 Å². The maximum absolute atomic E-state index is 11.6. The standard InChI is InChI=1S/C11H23N3O2/c1-6-11(7-2,8(12)13)14-9(15)16-10(3,4)5/h6-7H2,1-5H3,(H3,12,13)(H,14,15). The van der Waals surface area contributed by atoms with Crippen LogP contribution in [0, 0.1) is 5.41 Å². The van der Waals surface area contributed by atoms with Gasteiger partial charge in [-0.1, -0.05) is 13.8 Å². The molecule has 1 amide bonds. The Kier molecular flexibility index (Phi) is 4.78. The minimum atomic E-state index is -0.789. The number of hydrogen-bond donors (Lipinski definition) is 3. The number of rotatable bonds is 4. The second-order valence-electron chi connectivity index (χ2n) is 4.83. The van der Waals surface area contributed by atoms with Crippen molar-refractivity contribution in [1.29, 1.82) is 5.41 Å². The lowest BCUT2D eigenvalue weighted by Gasteiger charge is -2.32. The van der Waals surface area contributed by atoms with Crippen molar-refractivity contribution in [1.82, 2.24) is 5.32 Å². The summed E-state index contributed by atoms with van der Waals surface area (Å²) in [5.74, 6) is -0.0386. The lowest BCUT2D eigenvalue weighted by atomic mass is 9.92. The second kappa shape index (κ2) is 5.18. The number of carbonyl (C=O) groups is 1. The summed E-state index contributed by atoms with van der Waals surface area (Å²) in [6.45, 7) is 9.13. The van der Waals surface area contributed by atoms with Crippen LogP contribution in [0.1, 0.15) is 47.5 Å². The average molecular weight is 229 g/mol. The zero-order valence-electron chi connectivity index (χ0n) is 10.8. The highest BCUT2D eigenvalue weighted by Crippen LogP contribution is 2.16. The molecular formula is C11H23N3O2. The van der Waals surface area contributed by atoms with Crippen LogP contribution < -0.4 is 11.1 Å². The first-order valence-electron chi connectivity index (χ1n) is 5.52. The van der Waals surface area contributed by atoms with Gasteiger partial charge in [-0.15, -0.1) is 0 Å². The maximum Gasteiger partial charge on any atom is 0.408 e. The predicted molar refractivity (Wildman–Crippen MR) is 64.6 cm³/mol.